The minimum Gasteiger partial charge on any atom is -0.452 e. The molecule has 1 aromatic carbocycles. The standard InChI is InChI=1S/C14H15BrClNO/c1-3-17-14(12-6-7-13(15)18-12)10-5-4-9(2)11(16)8-10/h4-8,14,17H,3H2,1-2H3. The monoisotopic (exact) mass is 327 g/mol. The van der Waals surface area contributed by atoms with Crippen molar-refractivity contribution in [3.63, 3.8) is 0 Å². The molecule has 0 aliphatic carbocycles. The van der Waals surface area contributed by atoms with Crippen molar-refractivity contribution >= 4 is 27.5 Å². The van der Waals surface area contributed by atoms with Crippen molar-refractivity contribution in [1.29, 1.82) is 0 Å². The lowest BCUT2D eigenvalue weighted by Gasteiger charge is -2.16. The first-order valence-electron chi connectivity index (χ1n) is 5.86. The highest BCUT2D eigenvalue weighted by Crippen LogP contribution is 2.28. The summed E-state index contributed by atoms with van der Waals surface area (Å²) >= 11 is 9.51. The van der Waals surface area contributed by atoms with Crippen LogP contribution in [0.3, 0.4) is 0 Å². The Morgan fingerprint density at radius 3 is 2.67 bits per heavy atom. The Labute approximate surface area is 120 Å². The van der Waals surface area contributed by atoms with Crippen LogP contribution in [-0.4, -0.2) is 6.54 Å². The summed E-state index contributed by atoms with van der Waals surface area (Å²) < 4.78 is 6.37. The van der Waals surface area contributed by atoms with E-state index in [2.05, 4.69) is 34.2 Å². The van der Waals surface area contributed by atoms with E-state index >= 15 is 0 Å². The highest BCUT2D eigenvalue weighted by atomic mass is 79.9. The number of halogens is 2. The Kier molecular flexibility index (Phi) is 4.49. The molecule has 2 nitrogen and oxygen atoms in total. The van der Waals surface area contributed by atoms with Crippen LogP contribution in [0.2, 0.25) is 5.02 Å². The maximum atomic E-state index is 6.18. The molecule has 0 aliphatic rings. The predicted molar refractivity (Wildman–Crippen MR) is 78.1 cm³/mol. The lowest BCUT2D eigenvalue weighted by atomic mass is 10.0. The van der Waals surface area contributed by atoms with Crippen LogP contribution in [0.4, 0.5) is 0 Å². The van der Waals surface area contributed by atoms with Crippen molar-refractivity contribution < 1.29 is 4.42 Å². The quantitative estimate of drug-likeness (QED) is 0.880. The summed E-state index contributed by atoms with van der Waals surface area (Å²) in [6.07, 6.45) is 0. The first-order chi connectivity index (χ1) is 8.61. The zero-order chi connectivity index (χ0) is 13.1. The Hall–Kier alpha value is -0.770. The van der Waals surface area contributed by atoms with Crippen molar-refractivity contribution in [2.75, 3.05) is 6.54 Å². The molecule has 0 amide bonds. The number of benzene rings is 1. The second-order valence-corrected chi connectivity index (χ2v) is 5.33. The van der Waals surface area contributed by atoms with E-state index in [0.29, 0.717) is 0 Å². The van der Waals surface area contributed by atoms with Crippen LogP contribution in [-0.2, 0) is 0 Å². The third-order valence-electron chi connectivity index (χ3n) is 2.82. The van der Waals surface area contributed by atoms with Gasteiger partial charge >= 0.3 is 0 Å². The van der Waals surface area contributed by atoms with Crippen LogP contribution in [0.25, 0.3) is 0 Å². The molecule has 0 spiro atoms. The van der Waals surface area contributed by atoms with Crippen LogP contribution in [0, 0.1) is 6.92 Å². The van der Waals surface area contributed by atoms with Gasteiger partial charge in [0.15, 0.2) is 4.67 Å². The van der Waals surface area contributed by atoms with E-state index in [1.165, 1.54) is 0 Å². The molecule has 0 saturated heterocycles. The molecule has 0 bridgehead atoms. The molecule has 0 aliphatic heterocycles. The molecule has 1 heterocycles. The van der Waals surface area contributed by atoms with Gasteiger partial charge in [-0.25, -0.2) is 0 Å². The van der Waals surface area contributed by atoms with Gasteiger partial charge in [-0.3, -0.25) is 0 Å². The van der Waals surface area contributed by atoms with Crippen LogP contribution >= 0.6 is 27.5 Å². The fraction of sp³-hybridized carbons (Fsp3) is 0.286. The van der Waals surface area contributed by atoms with Gasteiger partial charge in [0.2, 0.25) is 0 Å². The zero-order valence-corrected chi connectivity index (χ0v) is 12.7. The number of furan rings is 1. The topological polar surface area (TPSA) is 25.2 Å². The molecule has 1 unspecified atom stereocenters. The Balaban J connectivity index is 2.37. The minimum atomic E-state index is 0.0272. The van der Waals surface area contributed by atoms with E-state index < -0.39 is 0 Å². The summed E-state index contributed by atoms with van der Waals surface area (Å²) in [5.41, 5.74) is 2.19. The molecule has 18 heavy (non-hydrogen) atoms. The van der Waals surface area contributed by atoms with E-state index in [-0.39, 0.29) is 6.04 Å². The predicted octanol–water partition coefficient (Wildman–Crippen LogP) is 4.70. The van der Waals surface area contributed by atoms with Crippen LogP contribution in [0.1, 0.15) is 29.9 Å². The molecule has 0 fully saturated rings. The van der Waals surface area contributed by atoms with Gasteiger partial charge in [-0.05, 0) is 58.7 Å². The molecule has 0 radical (unpaired) electrons. The zero-order valence-electron chi connectivity index (χ0n) is 10.3. The van der Waals surface area contributed by atoms with Crippen molar-refractivity contribution in [3.8, 4) is 0 Å². The molecule has 0 saturated carbocycles. The van der Waals surface area contributed by atoms with E-state index in [1.54, 1.807) is 0 Å². The SMILES string of the molecule is CCNC(c1ccc(C)c(Cl)c1)c1ccc(Br)o1. The molecular formula is C14H15BrClNO. The molecular weight excluding hydrogens is 314 g/mol. The Morgan fingerprint density at radius 1 is 1.33 bits per heavy atom. The van der Waals surface area contributed by atoms with Crippen molar-refractivity contribution in [3.05, 3.63) is 56.9 Å². The lowest BCUT2D eigenvalue weighted by molar-refractivity contribution is 0.437. The number of rotatable bonds is 4. The Bertz CT molecular complexity index is 538. The van der Waals surface area contributed by atoms with Gasteiger partial charge in [0.05, 0.1) is 6.04 Å². The average Bonchev–Trinajstić information content (AvgIpc) is 2.76. The first-order valence-corrected chi connectivity index (χ1v) is 7.03. The van der Waals surface area contributed by atoms with Gasteiger partial charge in [0.25, 0.3) is 0 Å². The summed E-state index contributed by atoms with van der Waals surface area (Å²) in [6.45, 7) is 4.92. The van der Waals surface area contributed by atoms with Gasteiger partial charge in [-0.1, -0.05) is 30.7 Å². The second kappa shape index (κ2) is 5.91. The van der Waals surface area contributed by atoms with Crippen LogP contribution < -0.4 is 5.32 Å². The molecule has 4 heteroatoms. The number of nitrogens with one attached hydrogen (secondary N) is 1. The van der Waals surface area contributed by atoms with Gasteiger partial charge in [-0.2, -0.15) is 0 Å². The fourth-order valence-electron chi connectivity index (χ4n) is 1.86. The number of hydrogen-bond donors (Lipinski definition) is 1. The van der Waals surface area contributed by atoms with Gasteiger partial charge in [0, 0.05) is 5.02 Å². The Morgan fingerprint density at radius 2 is 2.11 bits per heavy atom. The van der Waals surface area contributed by atoms with E-state index in [0.717, 1.165) is 33.1 Å². The molecule has 2 aromatic rings. The summed E-state index contributed by atoms with van der Waals surface area (Å²) in [6, 6.07) is 9.98. The average molecular weight is 329 g/mol. The second-order valence-electron chi connectivity index (χ2n) is 4.14. The lowest BCUT2D eigenvalue weighted by Crippen LogP contribution is -2.21. The largest absolute Gasteiger partial charge is 0.452 e. The van der Waals surface area contributed by atoms with Gasteiger partial charge < -0.3 is 9.73 Å². The van der Waals surface area contributed by atoms with Crippen molar-refractivity contribution in [2.45, 2.75) is 19.9 Å². The third-order valence-corrected chi connectivity index (χ3v) is 3.65. The molecule has 1 N–H and O–H groups in total. The number of hydrogen-bond acceptors (Lipinski definition) is 2. The fourth-order valence-corrected chi connectivity index (χ4v) is 2.37. The van der Waals surface area contributed by atoms with E-state index in [1.807, 2.05) is 31.2 Å². The van der Waals surface area contributed by atoms with Crippen LogP contribution in [0.5, 0.6) is 0 Å². The molecule has 96 valence electrons. The molecule has 1 aromatic heterocycles. The van der Waals surface area contributed by atoms with Gasteiger partial charge in [-0.15, -0.1) is 0 Å². The molecule has 1 atom stereocenters. The van der Waals surface area contributed by atoms with Crippen molar-refractivity contribution in [2.24, 2.45) is 0 Å². The first kappa shape index (κ1) is 13.7. The highest BCUT2D eigenvalue weighted by Gasteiger charge is 2.17. The summed E-state index contributed by atoms with van der Waals surface area (Å²) in [5, 5.41) is 4.18. The van der Waals surface area contributed by atoms with Crippen molar-refractivity contribution in [1.82, 2.24) is 5.32 Å². The summed E-state index contributed by atoms with van der Waals surface area (Å²) in [5.74, 6) is 0.878. The number of aryl methyl sites for hydroxylation is 1. The van der Waals surface area contributed by atoms with E-state index in [9.17, 15) is 0 Å². The normalized spacial score (nSPS) is 12.7. The van der Waals surface area contributed by atoms with Crippen LogP contribution in [0.15, 0.2) is 39.4 Å². The minimum absolute atomic E-state index is 0.0272. The summed E-state index contributed by atoms with van der Waals surface area (Å²) in [4.78, 5) is 0. The maximum absolute atomic E-state index is 6.18. The molecule has 2 rings (SSSR count). The summed E-state index contributed by atoms with van der Waals surface area (Å²) in [7, 11) is 0. The maximum Gasteiger partial charge on any atom is 0.169 e. The highest BCUT2D eigenvalue weighted by molar-refractivity contribution is 9.10. The van der Waals surface area contributed by atoms with E-state index in [4.69, 9.17) is 16.0 Å². The third kappa shape index (κ3) is 2.97. The van der Waals surface area contributed by atoms with Gasteiger partial charge in [0.1, 0.15) is 5.76 Å². The smallest absolute Gasteiger partial charge is 0.169 e.